The molecule has 0 amide bonds. The Balaban J connectivity index is 2.27. The number of fused-ring (bicyclic) bond motifs is 1. The van der Waals surface area contributed by atoms with Gasteiger partial charge in [-0.1, -0.05) is 6.92 Å². The van der Waals surface area contributed by atoms with Crippen LogP contribution in [0.1, 0.15) is 31.9 Å². The second-order valence-electron chi connectivity index (χ2n) is 3.64. The number of ether oxygens (including phenoxy) is 2. The predicted molar refractivity (Wildman–Crippen MR) is 57.3 cm³/mol. The maximum Gasteiger partial charge on any atom is 0.129 e. The van der Waals surface area contributed by atoms with Gasteiger partial charge in [0.2, 0.25) is 0 Å². The van der Waals surface area contributed by atoms with Crippen LogP contribution in [0.15, 0.2) is 18.2 Å². The summed E-state index contributed by atoms with van der Waals surface area (Å²) in [7, 11) is 0. The first kappa shape index (κ1) is 10.3. The molecule has 2 rings (SSSR count). The molecule has 1 aromatic carbocycles. The number of rotatable bonds is 3. The van der Waals surface area contributed by atoms with Gasteiger partial charge in [0.15, 0.2) is 0 Å². The van der Waals surface area contributed by atoms with Gasteiger partial charge in [-0.15, -0.1) is 0 Å². The maximum atomic E-state index is 9.95. The summed E-state index contributed by atoms with van der Waals surface area (Å²) in [6.45, 7) is 4.57. The van der Waals surface area contributed by atoms with Crippen LogP contribution in [-0.2, 0) is 0 Å². The van der Waals surface area contributed by atoms with E-state index in [0.29, 0.717) is 6.61 Å². The summed E-state index contributed by atoms with van der Waals surface area (Å²) in [6, 6.07) is 5.59. The lowest BCUT2D eigenvalue weighted by molar-refractivity contribution is 0.0653. The Hall–Kier alpha value is -1.22. The summed E-state index contributed by atoms with van der Waals surface area (Å²) in [5, 5.41) is 9.95. The molecule has 1 aliphatic heterocycles. The lowest BCUT2D eigenvalue weighted by Crippen LogP contribution is -2.16. The van der Waals surface area contributed by atoms with E-state index in [9.17, 15) is 5.11 Å². The molecule has 82 valence electrons. The van der Waals surface area contributed by atoms with E-state index in [1.807, 2.05) is 32.0 Å². The molecule has 2 unspecified atom stereocenters. The lowest BCUT2D eigenvalue weighted by atomic mass is 10.1. The van der Waals surface area contributed by atoms with Gasteiger partial charge in [-0.2, -0.15) is 0 Å². The van der Waals surface area contributed by atoms with Crippen LogP contribution in [-0.4, -0.2) is 17.8 Å². The molecule has 2 atom stereocenters. The molecule has 15 heavy (non-hydrogen) atoms. The van der Waals surface area contributed by atoms with Crippen molar-refractivity contribution in [1.82, 2.24) is 0 Å². The minimum absolute atomic E-state index is 0.114. The summed E-state index contributed by atoms with van der Waals surface area (Å²) < 4.78 is 11.0. The van der Waals surface area contributed by atoms with Crippen LogP contribution >= 0.6 is 0 Å². The maximum absolute atomic E-state index is 9.95. The first-order valence-electron chi connectivity index (χ1n) is 5.37. The third-order valence-electron chi connectivity index (χ3n) is 2.64. The van der Waals surface area contributed by atoms with E-state index < -0.39 is 6.10 Å². The summed E-state index contributed by atoms with van der Waals surface area (Å²) >= 11 is 0. The zero-order valence-electron chi connectivity index (χ0n) is 9.06. The molecule has 3 heteroatoms. The largest absolute Gasteiger partial charge is 0.494 e. The molecule has 0 saturated heterocycles. The Morgan fingerprint density at radius 2 is 2.20 bits per heavy atom. The number of hydrogen-bond donors (Lipinski definition) is 1. The average Bonchev–Trinajstić information content (AvgIpc) is 2.56. The zero-order chi connectivity index (χ0) is 10.8. The van der Waals surface area contributed by atoms with Gasteiger partial charge >= 0.3 is 0 Å². The van der Waals surface area contributed by atoms with Crippen molar-refractivity contribution in [3.05, 3.63) is 23.8 Å². The highest BCUT2D eigenvalue weighted by Gasteiger charge is 2.31. The van der Waals surface area contributed by atoms with Crippen LogP contribution in [0.2, 0.25) is 0 Å². The van der Waals surface area contributed by atoms with Crippen molar-refractivity contribution in [1.29, 1.82) is 0 Å². The summed E-state index contributed by atoms with van der Waals surface area (Å²) in [5.74, 6) is 1.56. The summed E-state index contributed by atoms with van der Waals surface area (Å²) in [5.41, 5.74) is 0.841. The minimum atomic E-state index is -0.523. The first-order valence-corrected chi connectivity index (χ1v) is 5.37. The van der Waals surface area contributed by atoms with Gasteiger partial charge in [-0.3, -0.25) is 0 Å². The van der Waals surface area contributed by atoms with Crippen molar-refractivity contribution in [3.63, 3.8) is 0 Å². The molecule has 0 aliphatic carbocycles. The molecule has 0 bridgehead atoms. The molecule has 0 radical (unpaired) electrons. The summed E-state index contributed by atoms with van der Waals surface area (Å²) in [6.07, 6.45) is 0.169. The normalized spacial score (nSPS) is 23.4. The molecule has 0 saturated carbocycles. The van der Waals surface area contributed by atoms with Gasteiger partial charge in [-0.05, 0) is 31.5 Å². The van der Waals surface area contributed by atoms with E-state index in [1.165, 1.54) is 0 Å². The van der Waals surface area contributed by atoms with Crippen molar-refractivity contribution < 1.29 is 14.6 Å². The van der Waals surface area contributed by atoms with Gasteiger partial charge in [0.1, 0.15) is 23.7 Å². The zero-order valence-corrected chi connectivity index (χ0v) is 9.06. The molecule has 0 spiro atoms. The smallest absolute Gasteiger partial charge is 0.129 e. The van der Waals surface area contributed by atoms with Crippen molar-refractivity contribution in [2.75, 3.05) is 6.61 Å². The number of benzene rings is 1. The lowest BCUT2D eigenvalue weighted by Gasteiger charge is -2.10. The minimum Gasteiger partial charge on any atom is -0.494 e. The highest BCUT2D eigenvalue weighted by atomic mass is 16.5. The number of hydrogen-bond acceptors (Lipinski definition) is 3. The molecule has 3 nitrogen and oxygen atoms in total. The van der Waals surface area contributed by atoms with Crippen LogP contribution in [0.25, 0.3) is 0 Å². The predicted octanol–water partition coefficient (Wildman–Crippen LogP) is 2.29. The monoisotopic (exact) mass is 208 g/mol. The van der Waals surface area contributed by atoms with Crippen molar-refractivity contribution in [3.8, 4) is 11.5 Å². The number of aliphatic hydroxyl groups excluding tert-OH is 1. The summed E-state index contributed by atoms with van der Waals surface area (Å²) in [4.78, 5) is 0. The van der Waals surface area contributed by atoms with E-state index >= 15 is 0 Å². The van der Waals surface area contributed by atoms with Crippen molar-refractivity contribution in [2.45, 2.75) is 32.5 Å². The Morgan fingerprint density at radius 3 is 2.87 bits per heavy atom. The second-order valence-corrected chi connectivity index (χ2v) is 3.64. The molecule has 1 N–H and O–H groups in total. The first-order chi connectivity index (χ1) is 7.26. The third-order valence-corrected chi connectivity index (χ3v) is 2.64. The van der Waals surface area contributed by atoms with Gasteiger partial charge in [0.25, 0.3) is 0 Å². The Labute approximate surface area is 89.6 Å². The average molecular weight is 208 g/mol. The standard InChI is InChI=1S/C12H16O3/c1-3-10-12(13)9-7-8(14-4-2)5-6-11(9)15-10/h5-7,10,12-13H,3-4H2,1-2H3. The van der Waals surface area contributed by atoms with Crippen molar-refractivity contribution >= 4 is 0 Å². The fourth-order valence-corrected chi connectivity index (χ4v) is 1.86. The van der Waals surface area contributed by atoms with Gasteiger partial charge in [0, 0.05) is 5.56 Å². The van der Waals surface area contributed by atoms with Crippen LogP contribution in [0.4, 0.5) is 0 Å². The fraction of sp³-hybridized carbons (Fsp3) is 0.500. The quantitative estimate of drug-likeness (QED) is 0.828. The Morgan fingerprint density at radius 1 is 1.40 bits per heavy atom. The van der Waals surface area contributed by atoms with E-state index in [-0.39, 0.29) is 6.10 Å². The highest BCUT2D eigenvalue weighted by molar-refractivity contribution is 5.44. The molecule has 0 fully saturated rings. The second kappa shape index (κ2) is 4.11. The molecular weight excluding hydrogens is 192 g/mol. The van der Waals surface area contributed by atoms with E-state index in [0.717, 1.165) is 23.5 Å². The highest BCUT2D eigenvalue weighted by Crippen LogP contribution is 2.39. The van der Waals surface area contributed by atoms with E-state index in [2.05, 4.69) is 0 Å². The van der Waals surface area contributed by atoms with Gasteiger partial charge in [0.05, 0.1) is 6.61 Å². The van der Waals surface area contributed by atoms with Crippen LogP contribution in [0, 0.1) is 0 Å². The Bertz CT molecular complexity index is 349. The fourth-order valence-electron chi connectivity index (χ4n) is 1.86. The SMILES string of the molecule is CCOc1ccc2c(c1)C(O)C(CC)O2. The molecule has 1 aliphatic rings. The van der Waals surface area contributed by atoms with Crippen LogP contribution in [0.5, 0.6) is 11.5 Å². The van der Waals surface area contributed by atoms with E-state index in [4.69, 9.17) is 9.47 Å². The molecule has 1 aromatic rings. The van der Waals surface area contributed by atoms with E-state index in [1.54, 1.807) is 0 Å². The third kappa shape index (κ3) is 1.79. The van der Waals surface area contributed by atoms with Gasteiger partial charge < -0.3 is 14.6 Å². The van der Waals surface area contributed by atoms with Crippen LogP contribution < -0.4 is 9.47 Å². The Kier molecular flexibility index (Phi) is 2.82. The number of aliphatic hydroxyl groups is 1. The topological polar surface area (TPSA) is 38.7 Å². The van der Waals surface area contributed by atoms with Crippen LogP contribution in [0.3, 0.4) is 0 Å². The van der Waals surface area contributed by atoms with Gasteiger partial charge in [-0.25, -0.2) is 0 Å². The molecule has 0 aromatic heterocycles. The molecular formula is C12H16O3. The molecule has 1 heterocycles. The van der Waals surface area contributed by atoms with Crippen molar-refractivity contribution in [2.24, 2.45) is 0 Å².